The molecule has 246 valence electrons. The molecule has 0 aliphatic carbocycles. The van der Waals surface area contributed by atoms with Gasteiger partial charge in [-0.2, -0.15) is 0 Å². The number of aromatic nitrogens is 1. The second-order valence-corrected chi connectivity index (χ2v) is 13.1. The van der Waals surface area contributed by atoms with Gasteiger partial charge in [0.15, 0.2) is 0 Å². The van der Waals surface area contributed by atoms with Crippen LogP contribution in [-0.2, 0) is 0 Å². The van der Waals surface area contributed by atoms with Gasteiger partial charge in [0.05, 0.1) is 11.0 Å². The van der Waals surface area contributed by atoms with E-state index in [0.717, 1.165) is 28.3 Å². The summed E-state index contributed by atoms with van der Waals surface area (Å²) in [4.78, 5) is 2.32. The normalized spacial score (nSPS) is 11.4. The molecule has 9 rings (SSSR count). The zero-order chi connectivity index (χ0) is 34.7. The fraction of sp³-hybridized carbons (Fsp3) is 0. The van der Waals surface area contributed by atoms with Crippen LogP contribution in [0.1, 0.15) is 11.1 Å². The molecule has 0 amide bonds. The Labute approximate surface area is 304 Å². The lowest BCUT2D eigenvalue weighted by Gasteiger charge is -2.26. The van der Waals surface area contributed by atoms with Gasteiger partial charge in [0.1, 0.15) is 0 Å². The van der Waals surface area contributed by atoms with E-state index in [1.165, 1.54) is 49.6 Å². The molecule has 0 unspecified atom stereocenters. The monoisotopic (exact) mass is 664 g/mol. The minimum absolute atomic E-state index is 1.10. The molecule has 0 saturated heterocycles. The minimum Gasteiger partial charge on any atom is -0.311 e. The Morgan fingerprint density at radius 3 is 1.23 bits per heavy atom. The number of hydrogen-bond acceptors (Lipinski definition) is 1. The fourth-order valence-electron chi connectivity index (χ4n) is 7.19. The Bertz CT molecular complexity index is 2520. The largest absolute Gasteiger partial charge is 0.311 e. The first-order chi connectivity index (χ1) is 25.8. The van der Waals surface area contributed by atoms with E-state index in [-0.39, 0.29) is 0 Å². The van der Waals surface area contributed by atoms with Gasteiger partial charge in [-0.25, -0.2) is 0 Å². The average molecular weight is 665 g/mol. The molecule has 0 atom stereocenters. The van der Waals surface area contributed by atoms with Crippen LogP contribution in [0.2, 0.25) is 0 Å². The summed E-state index contributed by atoms with van der Waals surface area (Å²) in [6.07, 6.45) is 4.32. The fourth-order valence-corrected chi connectivity index (χ4v) is 7.19. The molecule has 1 aromatic heterocycles. The minimum atomic E-state index is 1.10. The van der Waals surface area contributed by atoms with E-state index < -0.39 is 0 Å². The third-order valence-corrected chi connectivity index (χ3v) is 9.78. The summed E-state index contributed by atoms with van der Waals surface area (Å²) in [7, 11) is 0. The second-order valence-electron chi connectivity index (χ2n) is 13.1. The zero-order valence-corrected chi connectivity index (χ0v) is 28.7. The smallest absolute Gasteiger partial charge is 0.0541 e. The lowest BCUT2D eigenvalue weighted by atomic mass is 10.0. The van der Waals surface area contributed by atoms with Gasteiger partial charge in [-0.1, -0.05) is 146 Å². The number of fused-ring (bicyclic) bond motifs is 3. The van der Waals surface area contributed by atoms with E-state index in [4.69, 9.17) is 0 Å². The van der Waals surface area contributed by atoms with Crippen LogP contribution in [0.4, 0.5) is 17.1 Å². The second kappa shape index (κ2) is 13.8. The molecule has 0 radical (unpaired) electrons. The molecule has 0 fully saturated rings. The Morgan fingerprint density at radius 2 is 0.731 bits per heavy atom. The highest BCUT2D eigenvalue weighted by atomic mass is 15.1. The molecule has 0 aliphatic rings. The van der Waals surface area contributed by atoms with E-state index in [0.29, 0.717) is 0 Å². The lowest BCUT2D eigenvalue weighted by Crippen LogP contribution is -2.10. The Kier molecular flexibility index (Phi) is 8.24. The molecule has 52 heavy (non-hydrogen) atoms. The van der Waals surface area contributed by atoms with Crippen LogP contribution in [0.15, 0.2) is 206 Å². The number of benzene rings is 8. The van der Waals surface area contributed by atoms with Crippen molar-refractivity contribution in [3.63, 3.8) is 0 Å². The molecule has 2 heteroatoms. The third-order valence-electron chi connectivity index (χ3n) is 9.78. The maximum atomic E-state index is 2.40. The first-order valence-electron chi connectivity index (χ1n) is 17.8. The van der Waals surface area contributed by atoms with Crippen molar-refractivity contribution in [1.29, 1.82) is 0 Å². The lowest BCUT2D eigenvalue weighted by molar-refractivity contribution is 1.17. The third kappa shape index (κ3) is 6.08. The van der Waals surface area contributed by atoms with Gasteiger partial charge in [0, 0.05) is 33.5 Å². The highest BCUT2D eigenvalue weighted by molar-refractivity contribution is 6.11. The van der Waals surface area contributed by atoms with Crippen LogP contribution in [0.5, 0.6) is 0 Å². The molecule has 0 saturated carbocycles. The highest BCUT2D eigenvalue weighted by Crippen LogP contribution is 2.39. The molecule has 9 aromatic rings. The van der Waals surface area contributed by atoms with Crippen molar-refractivity contribution in [2.75, 3.05) is 4.90 Å². The molecule has 0 bridgehead atoms. The van der Waals surface area contributed by atoms with Crippen molar-refractivity contribution >= 4 is 51.0 Å². The van der Waals surface area contributed by atoms with Crippen molar-refractivity contribution < 1.29 is 0 Å². The van der Waals surface area contributed by atoms with Crippen LogP contribution < -0.4 is 4.90 Å². The number of nitrogens with zero attached hydrogens (tertiary/aromatic N) is 2. The van der Waals surface area contributed by atoms with Gasteiger partial charge in [0.25, 0.3) is 0 Å². The van der Waals surface area contributed by atoms with Gasteiger partial charge in [0.2, 0.25) is 0 Å². The van der Waals surface area contributed by atoms with E-state index in [1.54, 1.807) is 0 Å². The van der Waals surface area contributed by atoms with Crippen molar-refractivity contribution in [3.8, 4) is 27.9 Å². The number of hydrogen-bond donors (Lipinski definition) is 0. The summed E-state index contributed by atoms with van der Waals surface area (Å²) in [6, 6.07) is 73.8. The maximum absolute atomic E-state index is 2.40. The molecular formula is C50H36N2. The molecule has 1 heterocycles. The Balaban J connectivity index is 1.12. The van der Waals surface area contributed by atoms with Gasteiger partial charge in [-0.05, 0) is 106 Å². The van der Waals surface area contributed by atoms with Gasteiger partial charge >= 0.3 is 0 Å². The summed E-state index contributed by atoms with van der Waals surface area (Å²) in [5, 5.41) is 2.48. The first kappa shape index (κ1) is 31.1. The van der Waals surface area contributed by atoms with Crippen LogP contribution >= 0.6 is 0 Å². The summed E-state index contributed by atoms with van der Waals surface area (Å²) >= 11 is 0. The predicted octanol–water partition coefficient (Wildman–Crippen LogP) is 13.8. The molecule has 0 spiro atoms. The predicted molar refractivity (Wildman–Crippen MR) is 222 cm³/mol. The van der Waals surface area contributed by atoms with Crippen LogP contribution in [-0.4, -0.2) is 4.57 Å². The Morgan fingerprint density at radius 1 is 0.327 bits per heavy atom. The quantitative estimate of drug-likeness (QED) is 0.147. The zero-order valence-electron chi connectivity index (χ0n) is 28.7. The molecule has 0 aliphatic heterocycles. The van der Waals surface area contributed by atoms with E-state index >= 15 is 0 Å². The van der Waals surface area contributed by atoms with Crippen molar-refractivity contribution in [1.82, 2.24) is 4.57 Å². The highest BCUT2D eigenvalue weighted by Gasteiger charge is 2.17. The van der Waals surface area contributed by atoms with Crippen molar-refractivity contribution in [3.05, 3.63) is 217 Å². The topological polar surface area (TPSA) is 8.17 Å². The van der Waals surface area contributed by atoms with E-state index in [1.807, 2.05) is 6.07 Å². The van der Waals surface area contributed by atoms with Crippen molar-refractivity contribution in [2.45, 2.75) is 0 Å². The van der Waals surface area contributed by atoms with Gasteiger partial charge in [-0.15, -0.1) is 0 Å². The summed E-state index contributed by atoms with van der Waals surface area (Å²) in [6.45, 7) is 0. The summed E-state index contributed by atoms with van der Waals surface area (Å²) in [5.41, 5.74) is 14.0. The molecule has 0 N–H and O–H groups in total. The van der Waals surface area contributed by atoms with Crippen molar-refractivity contribution in [2.24, 2.45) is 0 Å². The Hall–Kier alpha value is -6.90. The SMILES string of the molecule is C(=C\c1ccc(N(c2ccccc2)c2ccc(-n3c4ccc(-c5ccccc5)cc4c4cc(-c5ccccc5)ccc43)cc2)cc1)/c1ccccc1. The van der Waals surface area contributed by atoms with E-state index in [9.17, 15) is 0 Å². The molecule has 2 nitrogen and oxygen atoms in total. The van der Waals surface area contributed by atoms with Crippen LogP contribution in [0.25, 0.3) is 61.9 Å². The number of para-hydroxylation sites is 1. The summed E-state index contributed by atoms with van der Waals surface area (Å²) < 4.78 is 2.40. The van der Waals surface area contributed by atoms with Gasteiger partial charge in [-0.3, -0.25) is 0 Å². The van der Waals surface area contributed by atoms with Crippen LogP contribution in [0, 0.1) is 0 Å². The average Bonchev–Trinajstić information content (AvgIpc) is 3.55. The van der Waals surface area contributed by atoms with Crippen LogP contribution in [0.3, 0.4) is 0 Å². The molecular weight excluding hydrogens is 629 g/mol. The molecule has 8 aromatic carbocycles. The van der Waals surface area contributed by atoms with E-state index in [2.05, 4.69) is 222 Å². The first-order valence-corrected chi connectivity index (χ1v) is 17.8. The standard InChI is InChI=1S/C50H36N2/c1-5-13-37(14-6-1)21-22-38-23-27-44(28-24-38)51(43-19-11-4-12-20-43)45-29-31-46(32-30-45)52-49-33-25-41(39-15-7-2-8-16-39)35-47(49)48-36-42(26-34-50(48)52)40-17-9-3-10-18-40/h1-36H/b22-21+. The van der Waals surface area contributed by atoms with Gasteiger partial charge < -0.3 is 9.47 Å². The summed E-state index contributed by atoms with van der Waals surface area (Å²) in [5.74, 6) is 0. The number of rotatable bonds is 8. The number of anilines is 3. The maximum Gasteiger partial charge on any atom is 0.0541 e.